The van der Waals surface area contributed by atoms with Crippen molar-refractivity contribution in [2.45, 2.75) is 13.3 Å². The van der Waals surface area contributed by atoms with E-state index in [2.05, 4.69) is 5.32 Å². The van der Waals surface area contributed by atoms with Gasteiger partial charge in [0.2, 0.25) is 5.91 Å². The van der Waals surface area contributed by atoms with Crippen LogP contribution in [0, 0.1) is 0 Å². The number of nitrogens with one attached hydrogen (secondary N) is 1. The molecule has 4 nitrogen and oxygen atoms in total. The Morgan fingerprint density at radius 2 is 2.00 bits per heavy atom. The van der Waals surface area contributed by atoms with Crippen LogP contribution in [0.2, 0.25) is 0 Å². The Labute approximate surface area is 113 Å². The zero-order valence-corrected chi connectivity index (χ0v) is 11.2. The maximum atomic E-state index is 11.9. The van der Waals surface area contributed by atoms with Crippen molar-refractivity contribution in [1.29, 1.82) is 0 Å². The number of aryl methyl sites for hydroxylation is 1. The van der Waals surface area contributed by atoms with Crippen molar-refractivity contribution in [3.05, 3.63) is 48.3 Å². The number of carbonyl (C=O) groups excluding carboxylic acids is 1. The van der Waals surface area contributed by atoms with Crippen molar-refractivity contribution in [2.75, 3.05) is 11.9 Å². The van der Waals surface area contributed by atoms with Crippen LogP contribution in [0.15, 0.2) is 42.7 Å². The first-order chi connectivity index (χ1) is 9.17. The summed E-state index contributed by atoms with van der Waals surface area (Å²) in [5.74, 6) is 0.791. The number of nitrogens with zero attached hydrogens (tertiary/aromatic N) is 1. The van der Waals surface area contributed by atoms with Crippen molar-refractivity contribution in [3.63, 3.8) is 0 Å². The quantitative estimate of drug-likeness (QED) is 0.895. The van der Waals surface area contributed by atoms with E-state index in [-0.39, 0.29) is 5.91 Å². The molecular formula is C15H18N2O2. The molecular weight excluding hydrogens is 240 g/mol. The molecule has 0 fully saturated rings. The molecule has 2 rings (SSSR count). The predicted octanol–water partition coefficient (Wildman–Crippen LogP) is 2.61. The van der Waals surface area contributed by atoms with E-state index in [0.717, 1.165) is 17.0 Å². The van der Waals surface area contributed by atoms with Gasteiger partial charge in [0.05, 0.1) is 13.0 Å². The fourth-order valence-electron chi connectivity index (χ4n) is 1.86. The molecule has 1 N–H and O–H groups in total. The third-order valence-corrected chi connectivity index (χ3v) is 2.71. The number of anilines is 1. The second-order valence-electron chi connectivity index (χ2n) is 4.37. The van der Waals surface area contributed by atoms with Crippen LogP contribution in [0.4, 0.5) is 5.69 Å². The summed E-state index contributed by atoms with van der Waals surface area (Å²) in [6.07, 6.45) is 4.26. The van der Waals surface area contributed by atoms with E-state index in [9.17, 15) is 4.79 Å². The molecule has 0 saturated heterocycles. The summed E-state index contributed by atoms with van der Waals surface area (Å²) in [6.45, 7) is 2.58. The van der Waals surface area contributed by atoms with Crippen molar-refractivity contribution in [1.82, 2.24) is 4.57 Å². The molecule has 0 radical (unpaired) electrons. The Kier molecular flexibility index (Phi) is 4.23. The highest BCUT2D eigenvalue weighted by atomic mass is 16.5. The van der Waals surface area contributed by atoms with Crippen LogP contribution in [-0.2, 0) is 18.3 Å². The Morgan fingerprint density at radius 1 is 1.26 bits per heavy atom. The highest BCUT2D eigenvalue weighted by Crippen LogP contribution is 2.15. The lowest BCUT2D eigenvalue weighted by atomic mass is 10.2. The van der Waals surface area contributed by atoms with Gasteiger partial charge in [0.15, 0.2) is 0 Å². The maximum Gasteiger partial charge on any atom is 0.228 e. The van der Waals surface area contributed by atoms with E-state index >= 15 is 0 Å². The minimum Gasteiger partial charge on any atom is -0.494 e. The van der Waals surface area contributed by atoms with Crippen LogP contribution in [0.3, 0.4) is 0 Å². The number of hydrogen-bond donors (Lipinski definition) is 1. The Hall–Kier alpha value is -2.23. The fourth-order valence-corrected chi connectivity index (χ4v) is 1.86. The zero-order valence-electron chi connectivity index (χ0n) is 11.2. The molecule has 19 heavy (non-hydrogen) atoms. The minimum atomic E-state index is -0.0182. The van der Waals surface area contributed by atoms with Crippen LogP contribution in [-0.4, -0.2) is 17.1 Å². The lowest BCUT2D eigenvalue weighted by Crippen LogP contribution is -2.13. The van der Waals surface area contributed by atoms with Crippen molar-refractivity contribution in [2.24, 2.45) is 7.05 Å². The van der Waals surface area contributed by atoms with Crippen LogP contribution in [0.25, 0.3) is 0 Å². The molecule has 1 amide bonds. The normalized spacial score (nSPS) is 10.2. The first kappa shape index (κ1) is 13.2. The molecule has 0 spiro atoms. The first-order valence-corrected chi connectivity index (χ1v) is 6.31. The summed E-state index contributed by atoms with van der Waals surface area (Å²) in [5, 5.41) is 2.87. The van der Waals surface area contributed by atoms with Gasteiger partial charge in [-0.05, 0) is 42.8 Å². The van der Waals surface area contributed by atoms with Gasteiger partial charge in [0.1, 0.15) is 5.75 Å². The third kappa shape index (κ3) is 3.88. The number of ether oxygens (including phenoxy) is 1. The number of rotatable bonds is 5. The second-order valence-corrected chi connectivity index (χ2v) is 4.37. The van der Waals surface area contributed by atoms with E-state index in [4.69, 9.17) is 4.74 Å². The molecule has 0 atom stereocenters. The summed E-state index contributed by atoms with van der Waals surface area (Å²) >= 11 is 0. The predicted molar refractivity (Wildman–Crippen MR) is 75.4 cm³/mol. The number of amides is 1. The highest BCUT2D eigenvalue weighted by molar-refractivity contribution is 5.92. The topological polar surface area (TPSA) is 43.3 Å². The number of benzene rings is 1. The molecule has 0 saturated carbocycles. The minimum absolute atomic E-state index is 0.0182. The summed E-state index contributed by atoms with van der Waals surface area (Å²) in [7, 11) is 1.94. The first-order valence-electron chi connectivity index (χ1n) is 6.31. The molecule has 0 aliphatic carbocycles. The molecule has 100 valence electrons. The van der Waals surface area contributed by atoms with Gasteiger partial charge in [0.25, 0.3) is 0 Å². The molecule has 0 aliphatic heterocycles. The lowest BCUT2D eigenvalue weighted by Gasteiger charge is -2.06. The van der Waals surface area contributed by atoms with Gasteiger partial charge >= 0.3 is 0 Å². The summed E-state index contributed by atoms with van der Waals surface area (Å²) < 4.78 is 7.28. The SMILES string of the molecule is CCOc1ccc(NC(=O)Cc2ccn(C)c2)cc1. The van der Waals surface area contributed by atoms with Crippen LogP contribution in [0.5, 0.6) is 5.75 Å². The fraction of sp³-hybridized carbons (Fsp3) is 0.267. The van der Waals surface area contributed by atoms with Gasteiger partial charge < -0.3 is 14.6 Å². The van der Waals surface area contributed by atoms with Gasteiger partial charge in [-0.15, -0.1) is 0 Å². The standard InChI is InChI=1S/C15H18N2O2/c1-3-19-14-6-4-13(5-7-14)16-15(18)10-12-8-9-17(2)11-12/h4-9,11H,3,10H2,1-2H3,(H,16,18). The summed E-state index contributed by atoms with van der Waals surface area (Å²) in [6, 6.07) is 9.32. The third-order valence-electron chi connectivity index (χ3n) is 2.71. The van der Waals surface area contributed by atoms with Crippen molar-refractivity contribution >= 4 is 11.6 Å². The Bertz CT molecular complexity index is 544. The summed E-state index contributed by atoms with van der Waals surface area (Å²) in [5.41, 5.74) is 1.79. The van der Waals surface area contributed by atoms with E-state index in [1.54, 1.807) is 0 Å². The van der Waals surface area contributed by atoms with Crippen LogP contribution >= 0.6 is 0 Å². The number of carbonyl (C=O) groups is 1. The zero-order chi connectivity index (χ0) is 13.7. The van der Waals surface area contributed by atoms with Gasteiger partial charge in [-0.3, -0.25) is 4.79 Å². The number of aromatic nitrogens is 1. The Balaban J connectivity index is 1.91. The van der Waals surface area contributed by atoms with Gasteiger partial charge in [0, 0.05) is 25.1 Å². The van der Waals surface area contributed by atoms with Gasteiger partial charge in [-0.2, -0.15) is 0 Å². The molecule has 0 unspecified atom stereocenters. The molecule has 2 aromatic rings. The highest BCUT2D eigenvalue weighted by Gasteiger charge is 2.05. The average molecular weight is 258 g/mol. The van der Waals surface area contributed by atoms with Crippen molar-refractivity contribution in [3.8, 4) is 5.75 Å². The van der Waals surface area contributed by atoms with Crippen LogP contribution < -0.4 is 10.1 Å². The molecule has 1 heterocycles. The monoisotopic (exact) mass is 258 g/mol. The largest absolute Gasteiger partial charge is 0.494 e. The van der Waals surface area contributed by atoms with Gasteiger partial charge in [-0.25, -0.2) is 0 Å². The molecule has 1 aromatic heterocycles. The summed E-state index contributed by atoms with van der Waals surface area (Å²) in [4.78, 5) is 11.9. The molecule has 4 heteroatoms. The van der Waals surface area contributed by atoms with Crippen molar-refractivity contribution < 1.29 is 9.53 Å². The average Bonchev–Trinajstić information content (AvgIpc) is 2.77. The van der Waals surface area contributed by atoms with Crippen LogP contribution in [0.1, 0.15) is 12.5 Å². The van der Waals surface area contributed by atoms with E-state index in [0.29, 0.717) is 13.0 Å². The van der Waals surface area contributed by atoms with E-state index in [1.807, 2.05) is 61.3 Å². The Morgan fingerprint density at radius 3 is 2.58 bits per heavy atom. The van der Waals surface area contributed by atoms with E-state index in [1.165, 1.54) is 0 Å². The lowest BCUT2D eigenvalue weighted by molar-refractivity contribution is -0.115. The van der Waals surface area contributed by atoms with E-state index < -0.39 is 0 Å². The molecule has 0 bridgehead atoms. The second kappa shape index (κ2) is 6.09. The van der Waals surface area contributed by atoms with Gasteiger partial charge in [-0.1, -0.05) is 0 Å². The molecule has 1 aromatic carbocycles. The smallest absolute Gasteiger partial charge is 0.228 e. The molecule has 0 aliphatic rings. The maximum absolute atomic E-state index is 11.9. The number of hydrogen-bond acceptors (Lipinski definition) is 2.